The second-order valence-electron chi connectivity index (χ2n) is 7.66. The summed E-state index contributed by atoms with van der Waals surface area (Å²) in [6.45, 7) is 3.24. The summed E-state index contributed by atoms with van der Waals surface area (Å²) >= 11 is 0. The monoisotopic (exact) mass is 407 g/mol. The normalized spacial score (nSPS) is 22.1. The van der Waals surface area contributed by atoms with Gasteiger partial charge in [-0.2, -0.15) is 0 Å². The van der Waals surface area contributed by atoms with Gasteiger partial charge in [0.1, 0.15) is 18.2 Å². The topological polar surface area (TPSA) is 82.5 Å². The van der Waals surface area contributed by atoms with E-state index >= 15 is 0 Å². The summed E-state index contributed by atoms with van der Waals surface area (Å²) in [6.07, 6.45) is 10.8. The minimum Gasteiger partial charge on any atom is -0.490 e. The number of anilines is 1. The highest BCUT2D eigenvalue weighted by Gasteiger charge is 2.25. The summed E-state index contributed by atoms with van der Waals surface area (Å²) in [4.78, 5) is 19.3. The Morgan fingerprint density at radius 2 is 1.63 bits per heavy atom. The van der Waals surface area contributed by atoms with Gasteiger partial charge in [-0.1, -0.05) is 0 Å². The van der Waals surface area contributed by atoms with Crippen LogP contribution in [0.2, 0.25) is 0 Å². The van der Waals surface area contributed by atoms with Gasteiger partial charge in [-0.15, -0.1) is 0 Å². The Morgan fingerprint density at radius 3 is 2.40 bits per heavy atom. The summed E-state index contributed by atoms with van der Waals surface area (Å²) < 4.78 is 17.9. The highest BCUT2D eigenvalue weighted by atomic mass is 16.5. The molecule has 3 heterocycles. The van der Waals surface area contributed by atoms with Crippen LogP contribution < -0.4 is 14.4 Å². The zero-order chi connectivity index (χ0) is 20.2. The molecule has 0 bridgehead atoms. The van der Waals surface area contributed by atoms with E-state index in [-0.39, 0.29) is 12.2 Å². The maximum absolute atomic E-state index is 6.47. The van der Waals surface area contributed by atoms with Crippen LogP contribution in [0.4, 0.5) is 5.69 Å². The van der Waals surface area contributed by atoms with Crippen molar-refractivity contribution < 1.29 is 14.2 Å². The molecule has 156 valence electrons. The molecule has 1 saturated carbocycles. The second-order valence-corrected chi connectivity index (χ2v) is 7.66. The molecule has 1 aromatic carbocycles. The predicted octanol–water partition coefficient (Wildman–Crippen LogP) is 3.03. The summed E-state index contributed by atoms with van der Waals surface area (Å²) in [7, 11) is 0. The molecule has 2 fully saturated rings. The molecule has 1 aliphatic heterocycles. The highest BCUT2D eigenvalue weighted by molar-refractivity contribution is 5.88. The molecular weight excluding hydrogens is 382 g/mol. The fourth-order valence-electron chi connectivity index (χ4n) is 4.08. The van der Waals surface area contributed by atoms with E-state index in [1.165, 1.54) is 0 Å². The second kappa shape index (κ2) is 8.79. The zero-order valence-electron chi connectivity index (χ0n) is 16.8. The van der Waals surface area contributed by atoms with Gasteiger partial charge in [0.25, 0.3) is 0 Å². The van der Waals surface area contributed by atoms with Crippen LogP contribution in [-0.4, -0.2) is 58.4 Å². The summed E-state index contributed by atoms with van der Waals surface area (Å²) in [5.74, 6) is 0.852. The van der Waals surface area contributed by atoms with E-state index in [1.54, 1.807) is 24.8 Å². The molecule has 0 radical (unpaired) electrons. The third-order valence-electron chi connectivity index (χ3n) is 5.68. The van der Waals surface area contributed by atoms with Gasteiger partial charge in [-0.3, -0.25) is 0 Å². The van der Waals surface area contributed by atoms with Crippen molar-refractivity contribution in [2.24, 2.45) is 0 Å². The van der Waals surface area contributed by atoms with Crippen LogP contribution in [0, 0.1) is 0 Å². The Hall–Kier alpha value is -3.00. The Kier molecular flexibility index (Phi) is 5.56. The van der Waals surface area contributed by atoms with Crippen molar-refractivity contribution in [1.82, 2.24) is 19.9 Å². The van der Waals surface area contributed by atoms with Crippen LogP contribution in [0.15, 0.2) is 43.1 Å². The Morgan fingerprint density at radius 1 is 0.900 bits per heavy atom. The van der Waals surface area contributed by atoms with Crippen molar-refractivity contribution >= 4 is 16.6 Å². The quantitative estimate of drug-likeness (QED) is 0.638. The third-order valence-corrected chi connectivity index (χ3v) is 5.68. The minimum atomic E-state index is 0.131. The highest BCUT2D eigenvalue weighted by Crippen LogP contribution is 2.34. The molecule has 2 aromatic heterocycles. The zero-order valence-corrected chi connectivity index (χ0v) is 16.8. The van der Waals surface area contributed by atoms with Crippen LogP contribution >= 0.6 is 0 Å². The standard InChI is InChI=1S/C22H25N5O3/c1-6-24-22(25-7-1)30-18-4-2-17(3-5-18)29-21-13-16(27-8-10-28-11-9-27)12-20-19(21)14-23-15-26-20/h1,6-7,12-15,17-18H,2-5,8-11H2/t17-,18-. The van der Waals surface area contributed by atoms with Crippen molar-refractivity contribution in [3.8, 4) is 11.8 Å². The van der Waals surface area contributed by atoms with E-state index in [0.717, 1.165) is 74.3 Å². The predicted molar refractivity (Wildman–Crippen MR) is 112 cm³/mol. The average Bonchev–Trinajstić information content (AvgIpc) is 2.81. The molecule has 5 rings (SSSR count). The van der Waals surface area contributed by atoms with Gasteiger partial charge in [0.15, 0.2) is 0 Å². The number of aromatic nitrogens is 4. The van der Waals surface area contributed by atoms with Crippen LogP contribution in [0.3, 0.4) is 0 Å². The van der Waals surface area contributed by atoms with Gasteiger partial charge >= 0.3 is 6.01 Å². The van der Waals surface area contributed by atoms with Gasteiger partial charge < -0.3 is 19.1 Å². The molecule has 0 N–H and O–H groups in total. The molecule has 3 aromatic rings. The molecule has 2 aliphatic rings. The van der Waals surface area contributed by atoms with E-state index in [9.17, 15) is 0 Å². The average molecular weight is 407 g/mol. The van der Waals surface area contributed by atoms with Crippen molar-refractivity contribution in [3.63, 3.8) is 0 Å². The molecule has 1 aliphatic carbocycles. The first kappa shape index (κ1) is 19.0. The first-order valence-electron chi connectivity index (χ1n) is 10.5. The van der Waals surface area contributed by atoms with Gasteiger partial charge in [-0.25, -0.2) is 19.9 Å². The van der Waals surface area contributed by atoms with Crippen LogP contribution in [0.1, 0.15) is 25.7 Å². The number of hydrogen-bond acceptors (Lipinski definition) is 8. The van der Waals surface area contributed by atoms with Crippen LogP contribution in [0.5, 0.6) is 11.8 Å². The summed E-state index contributed by atoms with van der Waals surface area (Å²) in [5.41, 5.74) is 2.03. The van der Waals surface area contributed by atoms with E-state index in [1.807, 2.05) is 6.20 Å². The van der Waals surface area contributed by atoms with Crippen molar-refractivity contribution in [2.45, 2.75) is 37.9 Å². The molecule has 1 saturated heterocycles. The SMILES string of the molecule is c1cnc(O[C@H]2CC[C@H](Oc3cc(N4CCOCC4)cc4ncncc34)CC2)nc1. The first-order valence-corrected chi connectivity index (χ1v) is 10.5. The lowest BCUT2D eigenvalue weighted by Crippen LogP contribution is -2.36. The van der Waals surface area contributed by atoms with E-state index in [2.05, 4.69) is 37.0 Å². The first-order chi connectivity index (χ1) is 14.8. The van der Waals surface area contributed by atoms with Gasteiger partial charge in [-0.05, 0) is 37.8 Å². The number of morpholine rings is 1. The van der Waals surface area contributed by atoms with Gasteiger partial charge in [0, 0.05) is 43.4 Å². The number of rotatable bonds is 5. The Bertz CT molecular complexity index is 973. The maximum Gasteiger partial charge on any atom is 0.316 e. The van der Waals surface area contributed by atoms with Crippen molar-refractivity contribution in [2.75, 3.05) is 31.2 Å². The summed E-state index contributed by atoms with van der Waals surface area (Å²) in [6, 6.07) is 6.47. The lowest BCUT2D eigenvalue weighted by atomic mass is 9.95. The number of ether oxygens (including phenoxy) is 3. The van der Waals surface area contributed by atoms with Gasteiger partial charge in [0.2, 0.25) is 0 Å². The number of nitrogens with zero attached hydrogens (tertiary/aromatic N) is 5. The fourth-order valence-corrected chi connectivity index (χ4v) is 4.08. The largest absolute Gasteiger partial charge is 0.490 e. The number of benzene rings is 1. The Balaban J connectivity index is 1.29. The lowest BCUT2D eigenvalue weighted by Gasteiger charge is -2.31. The molecule has 0 unspecified atom stereocenters. The minimum absolute atomic E-state index is 0.131. The smallest absolute Gasteiger partial charge is 0.316 e. The summed E-state index contributed by atoms with van der Waals surface area (Å²) in [5, 5.41) is 0.950. The number of hydrogen-bond donors (Lipinski definition) is 0. The molecule has 30 heavy (non-hydrogen) atoms. The molecular formula is C22H25N5O3. The van der Waals surface area contributed by atoms with E-state index in [4.69, 9.17) is 14.2 Å². The van der Waals surface area contributed by atoms with E-state index < -0.39 is 0 Å². The fraction of sp³-hybridized carbons (Fsp3) is 0.455. The number of fused-ring (bicyclic) bond motifs is 1. The Labute approximate surface area is 175 Å². The van der Waals surface area contributed by atoms with Crippen molar-refractivity contribution in [3.05, 3.63) is 43.1 Å². The lowest BCUT2D eigenvalue weighted by molar-refractivity contribution is 0.0758. The van der Waals surface area contributed by atoms with Crippen LogP contribution in [0.25, 0.3) is 10.9 Å². The van der Waals surface area contributed by atoms with Gasteiger partial charge in [0.05, 0.1) is 30.2 Å². The molecule has 8 nitrogen and oxygen atoms in total. The molecule has 0 amide bonds. The third kappa shape index (κ3) is 4.28. The molecule has 8 heteroatoms. The maximum atomic E-state index is 6.47. The molecule has 0 atom stereocenters. The molecule has 0 spiro atoms. The van der Waals surface area contributed by atoms with E-state index in [0.29, 0.717) is 6.01 Å². The van der Waals surface area contributed by atoms with Crippen LogP contribution in [-0.2, 0) is 4.74 Å². The van der Waals surface area contributed by atoms with Crippen molar-refractivity contribution in [1.29, 1.82) is 0 Å².